The van der Waals surface area contributed by atoms with Crippen LogP contribution >= 0.6 is 0 Å². The van der Waals surface area contributed by atoms with E-state index in [1.807, 2.05) is 78.9 Å². The van der Waals surface area contributed by atoms with Gasteiger partial charge in [-0.3, -0.25) is 0 Å². The van der Waals surface area contributed by atoms with Gasteiger partial charge in [-0.15, -0.1) is 15.3 Å². The average Bonchev–Trinajstić information content (AvgIpc) is 3.19. The molecule has 5 aromatic rings. The van der Waals surface area contributed by atoms with Gasteiger partial charge in [0.15, 0.2) is 17.3 Å². The minimum Gasteiger partial charge on any atom is -0.497 e. The van der Waals surface area contributed by atoms with Crippen LogP contribution in [-0.4, -0.2) is 26.9 Å². The van der Waals surface area contributed by atoms with Crippen molar-refractivity contribution < 1.29 is 4.74 Å². The first-order valence-electron chi connectivity index (χ1n) is 8.94. The van der Waals surface area contributed by atoms with E-state index in [9.17, 15) is 0 Å². The molecule has 0 fully saturated rings. The van der Waals surface area contributed by atoms with Gasteiger partial charge in [-0.25, -0.2) is 0 Å². The minimum atomic E-state index is 0.680. The Hall–Kier alpha value is -3.93. The number of nitrogens with one attached hydrogen (secondary N) is 1. The molecule has 6 nitrogen and oxygen atoms in total. The number of benzene rings is 3. The lowest BCUT2D eigenvalue weighted by Crippen LogP contribution is -2.02. The molecule has 0 amide bonds. The topological polar surface area (TPSA) is 64.3 Å². The SMILES string of the molecule is COc1ccc(-c2nnc3c4ccccc4c(Nc4ccccc4)nn23)cc1. The normalized spacial score (nSPS) is 11.0. The van der Waals surface area contributed by atoms with E-state index in [1.165, 1.54) is 0 Å². The number of rotatable bonds is 4. The summed E-state index contributed by atoms with van der Waals surface area (Å²) >= 11 is 0. The molecule has 0 aliphatic heterocycles. The molecular weight excluding hydrogens is 350 g/mol. The second-order valence-electron chi connectivity index (χ2n) is 6.37. The van der Waals surface area contributed by atoms with E-state index in [4.69, 9.17) is 9.84 Å². The molecule has 1 N–H and O–H groups in total. The fourth-order valence-electron chi connectivity index (χ4n) is 3.25. The number of hydrogen-bond acceptors (Lipinski definition) is 5. The van der Waals surface area contributed by atoms with Gasteiger partial charge in [-0.05, 0) is 36.4 Å². The van der Waals surface area contributed by atoms with Crippen LogP contribution in [0, 0.1) is 0 Å². The standard InChI is InChI=1S/C22H17N5O/c1-28-17-13-11-15(12-14-17)21-24-25-22-19-10-6-5-9-18(19)20(26-27(21)22)23-16-7-3-2-4-8-16/h2-14H,1H3,(H,23,26). The van der Waals surface area contributed by atoms with Crippen LogP contribution in [0.5, 0.6) is 5.75 Å². The van der Waals surface area contributed by atoms with E-state index in [2.05, 4.69) is 15.5 Å². The second-order valence-corrected chi connectivity index (χ2v) is 6.37. The maximum atomic E-state index is 5.25. The van der Waals surface area contributed by atoms with E-state index < -0.39 is 0 Å². The largest absolute Gasteiger partial charge is 0.497 e. The van der Waals surface area contributed by atoms with Gasteiger partial charge < -0.3 is 10.1 Å². The van der Waals surface area contributed by atoms with Crippen molar-refractivity contribution in [1.82, 2.24) is 19.8 Å². The third-order valence-electron chi connectivity index (χ3n) is 4.65. The lowest BCUT2D eigenvalue weighted by atomic mass is 10.1. The quantitative estimate of drug-likeness (QED) is 0.499. The van der Waals surface area contributed by atoms with Gasteiger partial charge in [-0.2, -0.15) is 4.52 Å². The van der Waals surface area contributed by atoms with Crippen LogP contribution in [0.15, 0.2) is 78.9 Å². The van der Waals surface area contributed by atoms with Gasteiger partial charge in [0.2, 0.25) is 0 Å². The molecule has 0 bridgehead atoms. The molecule has 0 unspecified atom stereocenters. The Kier molecular flexibility index (Phi) is 3.87. The van der Waals surface area contributed by atoms with Crippen molar-refractivity contribution in [2.45, 2.75) is 0 Å². The molecule has 0 atom stereocenters. The van der Waals surface area contributed by atoms with Crippen LogP contribution in [-0.2, 0) is 0 Å². The van der Waals surface area contributed by atoms with Crippen LogP contribution in [0.4, 0.5) is 11.5 Å². The smallest absolute Gasteiger partial charge is 0.186 e. The Morgan fingerprint density at radius 3 is 2.25 bits per heavy atom. The first-order valence-corrected chi connectivity index (χ1v) is 8.94. The monoisotopic (exact) mass is 367 g/mol. The molecule has 3 aromatic carbocycles. The Morgan fingerprint density at radius 1 is 0.786 bits per heavy atom. The maximum absolute atomic E-state index is 5.25. The summed E-state index contributed by atoms with van der Waals surface area (Å²) < 4.78 is 7.04. The van der Waals surface area contributed by atoms with Crippen molar-refractivity contribution in [3.8, 4) is 17.1 Å². The van der Waals surface area contributed by atoms with E-state index in [0.717, 1.165) is 39.2 Å². The maximum Gasteiger partial charge on any atom is 0.186 e. The predicted octanol–water partition coefficient (Wildman–Crippen LogP) is 4.70. The molecular formula is C22H17N5O. The van der Waals surface area contributed by atoms with Crippen LogP contribution in [0.3, 0.4) is 0 Å². The number of aromatic nitrogens is 4. The average molecular weight is 367 g/mol. The Bertz CT molecular complexity index is 1260. The van der Waals surface area contributed by atoms with Crippen LogP contribution in [0.25, 0.3) is 27.8 Å². The summed E-state index contributed by atoms with van der Waals surface area (Å²) in [5.74, 6) is 2.23. The van der Waals surface area contributed by atoms with Crippen molar-refractivity contribution in [2.24, 2.45) is 0 Å². The van der Waals surface area contributed by atoms with Gasteiger partial charge >= 0.3 is 0 Å². The molecule has 0 radical (unpaired) electrons. The lowest BCUT2D eigenvalue weighted by molar-refractivity contribution is 0.415. The van der Waals surface area contributed by atoms with Crippen LogP contribution < -0.4 is 10.1 Å². The van der Waals surface area contributed by atoms with E-state index in [1.54, 1.807) is 11.6 Å². The zero-order chi connectivity index (χ0) is 18.9. The fourth-order valence-corrected chi connectivity index (χ4v) is 3.25. The van der Waals surface area contributed by atoms with Crippen molar-refractivity contribution >= 4 is 27.9 Å². The van der Waals surface area contributed by atoms with Gasteiger partial charge in [0.1, 0.15) is 5.75 Å². The fraction of sp³-hybridized carbons (Fsp3) is 0.0455. The molecule has 0 saturated heterocycles. The first-order chi connectivity index (χ1) is 13.8. The molecule has 0 saturated carbocycles. The Balaban J connectivity index is 1.72. The van der Waals surface area contributed by atoms with Gasteiger partial charge in [-0.1, -0.05) is 42.5 Å². The third-order valence-corrected chi connectivity index (χ3v) is 4.65. The number of methoxy groups -OCH3 is 1. The summed E-state index contributed by atoms with van der Waals surface area (Å²) in [6, 6.07) is 25.8. The molecule has 2 aromatic heterocycles. The molecule has 0 aliphatic carbocycles. The Morgan fingerprint density at radius 2 is 1.50 bits per heavy atom. The number of anilines is 2. The predicted molar refractivity (Wildman–Crippen MR) is 110 cm³/mol. The van der Waals surface area contributed by atoms with E-state index >= 15 is 0 Å². The van der Waals surface area contributed by atoms with Crippen molar-refractivity contribution in [3.05, 3.63) is 78.9 Å². The van der Waals surface area contributed by atoms with Crippen LogP contribution in [0.2, 0.25) is 0 Å². The zero-order valence-corrected chi connectivity index (χ0v) is 15.2. The summed E-state index contributed by atoms with van der Waals surface area (Å²) in [6.07, 6.45) is 0. The highest BCUT2D eigenvalue weighted by Gasteiger charge is 2.15. The van der Waals surface area contributed by atoms with Gasteiger partial charge in [0, 0.05) is 22.0 Å². The molecule has 2 heterocycles. The molecule has 0 aliphatic rings. The molecule has 5 rings (SSSR count). The number of ether oxygens (including phenoxy) is 1. The summed E-state index contributed by atoms with van der Waals surface area (Å²) in [6.45, 7) is 0. The summed E-state index contributed by atoms with van der Waals surface area (Å²) in [5.41, 5.74) is 2.61. The highest BCUT2D eigenvalue weighted by Crippen LogP contribution is 2.29. The number of nitrogens with zero attached hydrogens (tertiary/aromatic N) is 4. The van der Waals surface area contributed by atoms with Gasteiger partial charge in [0.25, 0.3) is 0 Å². The van der Waals surface area contributed by atoms with E-state index in [-0.39, 0.29) is 0 Å². The lowest BCUT2D eigenvalue weighted by Gasteiger charge is -2.10. The minimum absolute atomic E-state index is 0.680. The second kappa shape index (κ2) is 6.66. The van der Waals surface area contributed by atoms with Crippen molar-refractivity contribution in [1.29, 1.82) is 0 Å². The molecule has 6 heteroatoms. The highest BCUT2D eigenvalue weighted by atomic mass is 16.5. The highest BCUT2D eigenvalue weighted by molar-refractivity contribution is 6.01. The van der Waals surface area contributed by atoms with E-state index in [0.29, 0.717) is 5.82 Å². The summed E-state index contributed by atoms with van der Waals surface area (Å²) in [7, 11) is 1.65. The van der Waals surface area contributed by atoms with Gasteiger partial charge in [0.05, 0.1) is 7.11 Å². The van der Waals surface area contributed by atoms with Crippen molar-refractivity contribution in [3.63, 3.8) is 0 Å². The third kappa shape index (κ3) is 2.72. The molecule has 28 heavy (non-hydrogen) atoms. The first kappa shape index (κ1) is 16.3. The number of fused-ring (bicyclic) bond motifs is 3. The summed E-state index contributed by atoms with van der Waals surface area (Å²) in [5, 5.41) is 19.0. The number of hydrogen-bond donors (Lipinski definition) is 1. The van der Waals surface area contributed by atoms with Crippen LogP contribution in [0.1, 0.15) is 0 Å². The molecule has 0 spiro atoms. The zero-order valence-electron chi connectivity index (χ0n) is 15.2. The van der Waals surface area contributed by atoms with Crippen molar-refractivity contribution in [2.75, 3.05) is 12.4 Å². The Labute approximate surface area is 161 Å². The number of para-hydroxylation sites is 1. The summed E-state index contributed by atoms with van der Waals surface area (Å²) in [4.78, 5) is 0. The molecule has 136 valence electrons.